The highest BCUT2D eigenvalue weighted by molar-refractivity contribution is 5.87. The standard InChI is InChI=1S/C16H27NO4/c1-10(2)13(15(20)21-16(3,4)5)17(6)14(19)12-7-11(8-12)9-18/h9-13H,7-8H2,1-6H3/t11-,12-,13-/m0/s1. The Balaban J connectivity index is 2.74. The fourth-order valence-electron chi connectivity index (χ4n) is 2.64. The second-order valence-electron chi connectivity index (χ2n) is 7.24. The molecule has 0 heterocycles. The highest BCUT2D eigenvalue weighted by atomic mass is 16.6. The van der Waals surface area contributed by atoms with Gasteiger partial charge in [-0.05, 0) is 39.5 Å². The molecule has 0 aromatic heterocycles. The summed E-state index contributed by atoms with van der Waals surface area (Å²) in [5, 5.41) is 0. The van der Waals surface area contributed by atoms with Crippen LogP contribution in [-0.4, -0.2) is 41.8 Å². The van der Waals surface area contributed by atoms with Crippen LogP contribution in [0.3, 0.4) is 0 Å². The van der Waals surface area contributed by atoms with E-state index in [0.717, 1.165) is 6.29 Å². The van der Waals surface area contributed by atoms with E-state index >= 15 is 0 Å². The second-order valence-corrected chi connectivity index (χ2v) is 7.24. The third-order valence-corrected chi connectivity index (χ3v) is 3.76. The van der Waals surface area contributed by atoms with Gasteiger partial charge in [0.2, 0.25) is 5.91 Å². The maximum Gasteiger partial charge on any atom is 0.329 e. The van der Waals surface area contributed by atoms with Gasteiger partial charge >= 0.3 is 5.97 Å². The number of ether oxygens (including phenoxy) is 1. The fraction of sp³-hybridized carbons (Fsp3) is 0.812. The van der Waals surface area contributed by atoms with Crippen LogP contribution in [-0.2, 0) is 19.1 Å². The van der Waals surface area contributed by atoms with Crippen LogP contribution in [0.5, 0.6) is 0 Å². The predicted octanol–water partition coefficient (Wildman–Crippen LogP) is 2.04. The third kappa shape index (κ3) is 4.55. The van der Waals surface area contributed by atoms with E-state index in [2.05, 4.69) is 0 Å². The Hall–Kier alpha value is -1.39. The van der Waals surface area contributed by atoms with Crippen molar-refractivity contribution in [3.63, 3.8) is 0 Å². The van der Waals surface area contributed by atoms with Gasteiger partial charge in [0, 0.05) is 18.9 Å². The Kier molecular flexibility index (Phi) is 5.54. The maximum atomic E-state index is 12.4. The van der Waals surface area contributed by atoms with Crippen molar-refractivity contribution in [2.75, 3.05) is 7.05 Å². The van der Waals surface area contributed by atoms with Crippen LogP contribution >= 0.6 is 0 Å². The molecule has 0 bridgehead atoms. The van der Waals surface area contributed by atoms with Gasteiger partial charge in [0.25, 0.3) is 0 Å². The molecular weight excluding hydrogens is 270 g/mol. The highest BCUT2D eigenvalue weighted by Gasteiger charge is 2.40. The number of nitrogens with zero attached hydrogens (tertiary/aromatic N) is 1. The summed E-state index contributed by atoms with van der Waals surface area (Å²) < 4.78 is 5.42. The van der Waals surface area contributed by atoms with Gasteiger partial charge in [-0.15, -0.1) is 0 Å². The molecule has 1 rings (SSSR count). The van der Waals surface area contributed by atoms with E-state index in [4.69, 9.17) is 4.74 Å². The number of carbonyl (C=O) groups is 3. The molecule has 0 radical (unpaired) electrons. The van der Waals surface area contributed by atoms with Gasteiger partial charge in [-0.1, -0.05) is 13.8 Å². The number of hydrogen-bond acceptors (Lipinski definition) is 4. The van der Waals surface area contributed by atoms with E-state index in [1.54, 1.807) is 7.05 Å². The van der Waals surface area contributed by atoms with Crippen LogP contribution in [0.15, 0.2) is 0 Å². The Bertz CT molecular complexity index is 405. The van der Waals surface area contributed by atoms with Gasteiger partial charge in [-0.25, -0.2) is 4.79 Å². The summed E-state index contributed by atoms with van der Waals surface area (Å²) in [6, 6.07) is -0.591. The van der Waals surface area contributed by atoms with Gasteiger partial charge in [0.05, 0.1) is 0 Å². The second kappa shape index (κ2) is 6.58. The fourth-order valence-corrected chi connectivity index (χ4v) is 2.64. The van der Waals surface area contributed by atoms with E-state index < -0.39 is 11.6 Å². The molecule has 1 fully saturated rings. The summed E-state index contributed by atoms with van der Waals surface area (Å²) in [5.41, 5.74) is -0.576. The van der Waals surface area contributed by atoms with Crippen LogP contribution in [0.1, 0.15) is 47.5 Å². The Morgan fingerprint density at radius 2 is 1.76 bits per heavy atom. The largest absolute Gasteiger partial charge is 0.458 e. The number of likely N-dealkylation sites (N-methyl/N-ethyl adjacent to an activating group) is 1. The van der Waals surface area contributed by atoms with Crippen molar-refractivity contribution in [1.29, 1.82) is 0 Å². The minimum Gasteiger partial charge on any atom is -0.458 e. The first-order chi connectivity index (χ1) is 9.56. The van der Waals surface area contributed by atoms with Crippen molar-refractivity contribution < 1.29 is 19.1 Å². The quantitative estimate of drug-likeness (QED) is 0.575. The van der Waals surface area contributed by atoms with E-state index in [1.165, 1.54) is 4.90 Å². The highest BCUT2D eigenvalue weighted by Crippen LogP contribution is 2.34. The van der Waals surface area contributed by atoms with Gasteiger partial charge in [-0.3, -0.25) is 4.79 Å². The lowest BCUT2D eigenvalue weighted by Gasteiger charge is -2.38. The Morgan fingerprint density at radius 1 is 1.24 bits per heavy atom. The minimum atomic E-state index is -0.591. The zero-order valence-corrected chi connectivity index (χ0v) is 13.9. The molecule has 0 saturated heterocycles. The van der Waals surface area contributed by atoms with Crippen molar-refractivity contribution in [3.8, 4) is 0 Å². The van der Waals surface area contributed by atoms with Gasteiger partial charge < -0.3 is 14.4 Å². The smallest absolute Gasteiger partial charge is 0.329 e. The number of carbonyl (C=O) groups excluding carboxylic acids is 3. The number of esters is 1. The Morgan fingerprint density at radius 3 is 2.14 bits per heavy atom. The van der Waals surface area contributed by atoms with E-state index in [9.17, 15) is 14.4 Å². The van der Waals surface area contributed by atoms with Crippen LogP contribution in [0, 0.1) is 17.8 Å². The lowest BCUT2D eigenvalue weighted by atomic mass is 9.75. The first kappa shape index (κ1) is 17.7. The number of aldehydes is 1. The molecular formula is C16H27NO4. The van der Waals surface area contributed by atoms with Crippen LogP contribution in [0.2, 0.25) is 0 Å². The molecule has 21 heavy (non-hydrogen) atoms. The molecule has 0 aromatic carbocycles. The molecule has 0 unspecified atom stereocenters. The number of rotatable bonds is 5. The van der Waals surface area contributed by atoms with Crippen LogP contribution in [0.25, 0.3) is 0 Å². The predicted molar refractivity (Wildman–Crippen MR) is 79.5 cm³/mol. The zero-order chi connectivity index (χ0) is 16.4. The molecule has 1 amide bonds. The van der Waals surface area contributed by atoms with Crippen LogP contribution in [0.4, 0.5) is 0 Å². The lowest BCUT2D eigenvalue weighted by molar-refractivity contribution is -0.167. The summed E-state index contributed by atoms with van der Waals surface area (Å²) in [5.74, 6) is -0.631. The summed E-state index contributed by atoms with van der Waals surface area (Å²) in [7, 11) is 1.64. The molecule has 0 spiro atoms. The van der Waals surface area contributed by atoms with Crippen molar-refractivity contribution in [2.24, 2.45) is 17.8 Å². The van der Waals surface area contributed by atoms with Crippen molar-refractivity contribution in [3.05, 3.63) is 0 Å². The monoisotopic (exact) mass is 297 g/mol. The summed E-state index contributed by atoms with van der Waals surface area (Å²) in [4.78, 5) is 36.9. The van der Waals surface area contributed by atoms with E-state index in [1.807, 2.05) is 34.6 Å². The Labute approximate surface area is 127 Å². The van der Waals surface area contributed by atoms with Gasteiger partial charge in [0.1, 0.15) is 17.9 Å². The van der Waals surface area contributed by atoms with Crippen molar-refractivity contribution in [2.45, 2.75) is 59.1 Å². The normalized spacial score (nSPS) is 23.2. The molecule has 120 valence electrons. The molecule has 1 aliphatic carbocycles. The van der Waals surface area contributed by atoms with Gasteiger partial charge in [0.15, 0.2) is 0 Å². The third-order valence-electron chi connectivity index (χ3n) is 3.76. The number of hydrogen-bond donors (Lipinski definition) is 0. The zero-order valence-electron chi connectivity index (χ0n) is 13.9. The lowest BCUT2D eigenvalue weighted by Crippen LogP contribution is -2.51. The van der Waals surface area contributed by atoms with Crippen molar-refractivity contribution in [1.82, 2.24) is 4.90 Å². The average Bonchev–Trinajstić information content (AvgIpc) is 2.24. The topological polar surface area (TPSA) is 63.7 Å². The maximum absolute atomic E-state index is 12.4. The molecule has 5 nitrogen and oxygen atoms in total. The summed E-state index contributed by atoms with van der Waals surface area (Å²) >= 11 is 0. The summed E-state index contributed by atoms with van der Waals surface area (Å²) in [6.45, 7) is 9.22. The van der Waals surface area contributed by atoms with E-state index in [-0.39, 0.29) is 29.6 Å². The van der Waals surface area contributed by atoms with Crippen molar-refractivity contribution >= 4 is 18.2 Å². The number of amides is 1. The molecule has 1 atom stereocenters. The van der Waals surface area contributed by atoms with E-state index in [0.29, 0.717) is 12.8 Å². The minimum absolute atomic E-state index is 0.00798. The first-order valence-electron chi connectivity index (χ1n) is 7.51. The molecule has 0 aliphatic heterocycles. The molecule has 0 N–H and O–H groups in total. The SMILES string of the molecule is CC(C)[C@@H](C(=O)OC(C)(C)C)N(C)C(=O)[C@H]1C[C@H](C=O)C1. The van der Waals surface area contributed by atoms with Gasteiger partial charge in [-0.2, -0.15) is 0 Å². The molecule has 1 aliphatic rings. The average molecular weight is 297 g/mol. The molecule has 5 heteroatoms. The van der Waals surface area contributed by atoms with Crippen LogP contribution < -0.4 is 0 Å². The first-order valence-corrected chi connectivity index (χ1v) is 7.51. The molecule has 1 saturated carbocycles. The summed E-state index contributed by atoms with van der Waals surface area (Å²) in [6.07, 6.45) is 2.08. The molecule has 0 aromatic rings.